The number of fused-ring (bicyclic) bond motifs is 1. The normalized spacial score (nSPS) is 26.6. The molecular formula is C18H22FN3O3S. The van der Waals surface area contributed by atoms with Crippen LogP contribution in [0.4, 0.5) is 9.52 Å². The summed E-state index contributed by atoms with van der Waals surface area (Å²) in [6.45, 7) is 2.53. The standard InChI is InChI=1S/C18H22FN3O3S/c1-24-15-5-7-22(11-18(15)6-2-8-25-18)10-16(23)21-17-20-13-4-3-12(19)9-14(13)26-17/h3-4,9,15H,2,5-8,10-11H2,1H3,(H,20,21,23)/t15-,18+/m1/s1. The number of rotatable bonds is 4. The molecule has 3 heterocycles. The van der Waals surface area contributed by atoms with E-state index >= 15 is 0 Å². The maximum Gasteiger partial charge on any atom is 0.240 e. The molecule has 1 aromatic carbocycles. The van der Waals surface area contributed by atoms with Crippen LogP contribution in [0.1, 0.15) is 19.3 Å². The molecule has 6 nitrogen and oxygen atoms in total. The second-order valence-corrected chi connectivity index (χ2v) is 7.95. The molecule has 4 rings (SSSR count). The van der Waals surface area contributed by atoms with E-state index in [1.165, 1.54) is 23.5 Å². The highest BCUT2D eigenvalue weighted by Gasteiger charge is 2.47. The zero-order chi connectivity index (χ0) is 18.1. The Bertz CT molecular complexity index is 806. The van der Waals surface area contributed by atoms with Gasteiger partial charge in [0.1, 0.15) is 11.4 Å². The van der Waals surface area contributed by atoms with Crippen molar-refractivity contribution in [1.29, 1.82) is 0 Å². The van der Waals surface area contributed by atoms with Gasteiger partial charge in [0.25, 0.3) is 0 Å². The van der Waals surface area contributed by atoms with Crippen LogP contribution < -0.4 is 5.32 Å². The number of carbonyl (C=O) groups is 1. The Morgan fingerprint density at radius 2 is 2.46 bits per heavy atom. The van der Waals surface area contributed by atoms with Crippen LogP contribution in [0, 0.1) is 5.82 Å². The number of hydrogen-bond donors (Lipinski definition) is 1. The van der Waals surface area contributed by atoms with Crippen molar-refractivity contribution in [1.82, 2.24) is 9.88 Å². The lowest BCUT2D eigenvalue weighted by Crippen LogP contribution is -2.58. The summed E-state index contributed by atoms with van der Waals surface area (Å²) in [7, 11) is 1.73. The lowest BCUT2D eigenvalue weighted by atomic mass is 9.87. The predicted molar refractivity (Wildman–Crippen MR) is 98.0 cm³/mol. The Labute approximate surface area is 155 Å². The average molecular weight is 379 g/mol. The molecular weight excluding hydrogens is 357 g/mol. The van der Waals surface area contributed by atoms with Crippen LogP contribution >= 0.6 is 11.3 Å². The van der Waals surface area contributed by atoms with Crippen molar-refractivity contribution < 1.29 is 18.7 Å². The van der Waals surface area contributed by atoms with Crippen molar-refractivity contribution in [3.05, 3.63) is 24.0 Å². The van der Waals surface area contributed by atoms with Crippen molar-refractivity contribution >= 4 is 32.6 Å². The van der Waals surface area contributed by atoms with Gasteiger partial charge in [0, 0.05) is 26.8 Å². The van der Waals surface area contributed by atoms with E-state index in [4.69, 9.17) is 9.47 Å². The first-order valence-electron chi connectivity index (χ1n) is 8.83. The molecule has 2 fully saturated rings. The smallest absolute Gasteiger partial charge is 0.240 e. The average Bonchev–Trinajstić information content (AvgIpc) is 3.21. The van der Waals surface area contributed by atoms with E-state index in [1.54, 1.807) is 13.2 Å². The Balaban J connectivity index is 1.39. The largest absolute Gasteiger partial charge is 0.378 e. The number of aromatic nitrogens is 1. The van der Waals surface area contributed by atoms with Crippen LogP contribution in [0.15, 0.2) is 18.2 Å². The fourth-order valence-corrected chi connectivity index (χ4v) is 4.91. The molecule has 0 saturated carbocycles. The van der Waals surface area contributed by atoms with Gasteiger partial charge in [-0.15, -0.1) is 0 Å². The summed E-state index contributed by atoms with van der Waals surface area (Å²) in [5.41, 5.74) is 0.395. The Kier molecular flexibility index (Phi) is 4.92. The molecule has 2 saturated heterocycles. The summed E-state index contributed by atoms with van der Waals surface area (Å²) >= 11 is 1.28. The lowest BCUT2D eigenvalue weighted by molar-refractivity contribution is -0.146. The zero-order valence-electron chi connectivity index (χ0n) is 14.7. The van der Waals surface area contributed by atoms with Crippen molar-refractivity contribution in [2.75, 3.05) is 38.7 Å². The Morgan fingerprint density at radius 3 is 3.23 bits per heavy atom. The number of carbonyl (C=O) groups excluding carboxylic acids is 1. The third-order valence-electron chi connectivity index (χ3n) is 5.17. The summed E-state index contributed by atoms with van der Waals surface area (Å²) in [5.74, 6) is -0.421. The summed E-state index contributed by atoms with van der Waals surface area (Å²) in [6.07, 6.45) is 2.93. The molecule has 0 unspecified atom stereocenters. The number of halogens is 1. The van der Waals surface area contributed by atoms with Crippen LogP contribution in [0.5, 0.6) is 0 Å². The van der Waals surface area contributed by atoms with E-state index < -0.39 is 0 Å². The second-order valence-electron chi connectivity index (χ2n) is 6.92. The Hall–Kier alpha value is -1.61. The third kappa shape index (κ3) is 3.46. The van der Waals surface area contributed by atoms with Gasteiger partial charge >= 0.3 is 0 Å². The molecule has 1 N–H and O–H groups in total. The van der Waals surface area contributed by atoms with Crippen LogP contribution in [0.3, 0.4) is 0 Å². The van der Waals surface area contributed by atoms with E-state index in [0.29, 0.717) is 17.2 Å². The fourth-order valence-electron chi connectivity index (χ4n) is 4.00. The van der Waals surface area contributed by atoms with Crippen LogP contribution in [0.2, 0.25) is 0 Å². The summed E-state index contributed by atoms with van der Waals surface area (Å²) in [6, 6.07) is 4.42. The molecule has 1 spiro atoms. The highest BCUT2D eigenvalue weighted by atomic mass is 32.1. The fraction of sp³-hybridized carbons (Fsp3) is 0.556. The number of hydrogen-bond acceptors (Lipinski definition) is 6. The summed E-state index contributed by atoms with van der Waals surface area (Å²) in [5, 5.41) is 3.33. The van der Waals surface area contributed by atoms with Gasteiger partial charge in [0.05, 0.1) is 22.9 Å². The predicted octanol–water partition coefficient (Wildman–Crippen LogP) is 2.64. The maximum atomic E-state index is 13.3. The summed E-state index contributed by atoms with van der Waals surface area (Å²) in [4.78, 5) is 18.9. The maximum absolute atomic E-state index is 13.3. The molecule has 2 aliphatic heterocycles. The number of nitrogens with zero attached hydrogens (tertiary/aromatic N) is 2. The SMILES string of the molecule is CO[C@@H]1CCN(CC(=O)Nc2nc3ccc(F)cc3s2)C[C@@]12CCCO2. The zero-order valence-corrected chi connectivity index (χ0v) is 15.5. The molecule has 0 bridgehead atoms. The number of amides is 1. The van der Waals surface area contributed by atoms with Gasteiger partial charge in [0.2, 0.25) is 5.91 Å². The van der Waals surface area contributed by atoms with Crippen molar-refractivity contribution in [2.45, 2.75) is 31.0 Å². The molecule has 2 atom stereocenters. The molecule has 0 aliphatic carbocycles. The minimum absolute atomic E-state index is 0.0865. The quantitative estimate of drug-likeness (QED) is 0.885. The number of thiazole rings is 1. The summed E-state index contributed by atoms with van der Waals surface area (Å²) < 4.78 is 25.7. The van der Waals surface area contributed by atoms with E-state index in [1.807, 2.05) is 0 Å². The topological polar surface area (TPSA) is 63.7 Å². The van der Waals surface area contributed by atoms with Crippen molar-refractivity contribution in [2.24, 2.45) is 0 Å². The van der Waals surface area contributed by atoms with Gasteiger partial charge in [0.15, 0.2) is 5.13 Å². The minimum atomic E-state index is -0.304. The molecule has 2 aliphatic rings. The molecule has 2 aromatic rings. The molecule has 8 heteroatoms. The number of nitrogens with one attached hydrogen (secondary N) is 1. The number of methoxy groups -OCH3 is 1. The van der Waals surface area contributed by atoms with Gasteiger partial charge in [-0.2, -0.15) is 0 Å². The van der Waals surface area contributed by atoms with E-state index in [2.05, 4.69) is 15.2 Å². The second kappa shape index (κ2) is 7.19. The van der Waals surface area contributed by atoms with Crippen molar-refractivity contribution in [3.8, 4) is 0 Å². The van der Waals surface area contributed by atoms with E-state index in [9.17, 15) is 9.18 Å². The van der Waals surface area contributed by atoms with Crippen LogP contribution in [0.25, 0.3) is 10.2 Å². The Morgan fingerprint density at radius 1 is 1.58 bits per heavy atom. The van der Waals surface area contributed by atoms with E-state index in [0.717, 1.165) is 37.1 Å². The first-order valence-corrected chi connectivity index (χ1v) is 9.65. The van der Waals surface area contributed by atoms with Gasteiger partial charge in [-0.1, -0.05) is 11.3 Å². The van der Waals surface area contributed by atoms with Gasteiger partial charge < -0.3 is 14.8 Å². The number of anilines is 1. The van der Waals surface area contributed by atoms with Gasteiger partial charge in [-0.3, -0.25) is 9.69 Å². The molecule has 26 heavy (non-hydrogen) atoms. The first kappa shape index (κ1) is 17.8. The minimum Gasteiger partial charge on any atom is -0.378 e. The van der Waals surface area contributed by atoms with Crippen LogP contribution in [-0.2, 0) is 14.3 Å². The first-order chi connectivity index (χ1) is 12.6. The van der Waals surface area contributed by atoms with Crippen LogP contribution in [-0.4, -0.2) is 60.8 Å². The highest BCUT2D eigenvalue weighted by molar-refractivity contribution is 7.22. The highest BCUT2D eigenvalue weighted by Crippen LogP contribution is 2.36. The number of likely N-dealkylation sites (tertiary alicyclic amines) is 1. The number of piperidine rings is 1. The third-order valence-corrected chi connectivity index (χ3v) is 6.10. The number of benzene rings is 1. The monoisotopic (exact) mass is 379 g/mol. The van der Waals surface area contributed by atoms with E-state index in [-0.39, 0.29) is 30.0 Å². The van der Waals surface area contributed by atoms with Gasteiger partial charge in [-0.05, 0) is 37.5 Å². The van der Waals surface area contributed by atoms with Gasteiger partial charge in [-0.25, -0.2) is 9.37 Å². The molecule has 140 valence electrons. The molecule has 1 aromatic heterocycles. The van der Waals surface area contributed by atoms with Crippen molar-refractivity contribution in [3.63, 3.8) is 0 Å². The number of ether oxygens (including phenoxy) is 2. The lowest BCUT2D eigenvalue weighted by Gasteiger charge is -2.44. The molecule has 0 radical (unpaired) electrons. The molecule has 1 amide bonds.